The van der Waals surface area contributed by atoms with Crippen molar-refractivity contribution >= 4 is 34.8 Å². The molecule has 3 N–H and O–H groups in total. The third-order valence-corrected chi connectivity index (χ3v) is 9.91. The Balaban J connectivity index is 1.48. The standard InChI is InChI=1S/C33H47N7O3/c1-21-13-15-23(16-14-21)19-40-27-28(34-22(2)24-11-8-12-24)35-31(38-33(3,4)30(41)42)36-29(27)37-32(40)39-17-18-43-20-26(39)25-9-6-5-7-10-25/h5-7,9-10,21-24,26H,8,11-20H2,1-4H3,(H,41,42)(H2,34,35,36,38)/t21-,22-,23-,26+/m1/s1. The van der Waals surface area contributed by atoms with Crippen molar-refractivity contribution in [3.63, 3.8) is 0 Å². The van der Waals surface area contributed by atoms with E-state index in [1.54, 1.807) is 13.8 Å². The van der Waals surface area contributed by atoms with Crippen LogP contribution in [0.4, 0.5) is 17.7 Å². The van der Waals surface area contributed by atoms with Gasteiger partial charge in [0.15, 0.2) is 11.5 Å². The number of hydrogen-bond acceptors (Lipinski definition) is 8. The number of rotatable bonds is 10. The van der Waals surface area contributed by atoms with Crippen LogP contribution in [0.2, 0.25) is 0 Å². The summed E-state index contributed by atoms with van der Waals surface area (Å²) in [5.74, 6) is 2.82. The van der Waals surface area contributed by atoms with Crippen LogP contribution in [0.1, 0.15) is 84.2 Å². The highest BCUT2D eigenvalue weighted by Gasteiger charge is 2.34. The lowest BCUT2D eigenvalue weighted by molar-refractivity contribution is -0.141. The maximum atomic E-state index is 12.0. The molecule has 3 fully saturated rings. The molecule has 10 heteroatoms. The molecule has 3 heterocycles. The number of fused-ring (bicyclic) bond motifs is 1. The maximum Gasteiger partial charge on any atom is 0.328 e. The van der Waals surface area contributed by atoms with E-state index >= 15 is 0 Å². The predicted molar refractivity (Wildman–Crippen MR) is 170 cm³/mol. The van der Waals surface area contributed by atoms with E-state index in [1.807, 2.05) is 6.07 Å². The number of carbonyl (C=O) groups is 1. The Morgan fingerprint density at radius 2 is 1.84 bits per heavy atom. The summed E-state index contributed by atoms with van der Waals surface area (Å²) in [6.07, 6.45) is 8.55. The van der Waals surface area contributed by atoms with Crippen molar-refractivity contribution < 1.29 is 14.6 Å². The molecule has 2 atom stereocenters. The molecule has 3 aliphatic rings. The van der Waals surface area contributed by atoms with Crippen LogP contribution in [0, 0.1) is 17.8 Å². The lowest BCUT2D eigenvalue weighted by Gasteiger charge is -2.37. The highest BCUT2D eigenvalue weighted by atomic mass is 16.5. The van der Waals surface area contributed by atoms with E-state index in [-0.39, 0.29) is 18.0 Å². The molecule has 1 aliphatic heterocycles. The van der Waals surface area contributed by atoms with E-state index in [1.165, 1.54) is 50.5 Å². The van der Waals surface area contributed by atoms with Crippen molar-refractivity contribution in [1.82, 2.24) is 19.5 Å². The number of nitrogens with one attached hydrogen (secondary N) is 2. The fraction of sp³-hybridized carbons (Fsp3) is 0.636. The average Bonchev–Trinajstić information content (AvgIpc) is 3.31. The van der Waals surface area contributed by atoms with E-state index in [0.29, 0.717) is 30.7 Å². The average molecular weight is 590 g/mol. The first kappa shape index (κ1) is 29.7. The van der Waals surface area contributed by atoms with Gasteiger partial charge in [0.05, 0.1) is 19.3 Å². The van der Waals surface area contributed by atoms with Gasteiger partial charge in [-0.15, -0.1) is 0 Å². The number of carboxylic acids is 1. The second kappa shape index (κ2) is 12.3. The zero-order valence-electron chi connectivity index (χ0n) is 26.1. The number of hydrogen-bond donors (Lipinski definition) is 3. The van der Waals surface area contributed by atoms with Crippen LogP contribution in [0.25, 0.3) is 11.2 Å². The maximum absolute atomic E-state index is 12.0. The van der Waals surface area contributed by atoms with Gasteiger partial charge in [-0.2, -0.15) is 15.0 Å². The van der Waals surface area contributed by atoms with Crippen molar-refractivity contribution in [3.05, 3.63) is 35.9 Å². The van der Waals surface area contributed by atoms with Gasteiger partial charge >= 0.3 is 5.97 Å². The van der Waals surface area contributed by atoms with Gasteiger partial charge in [-0.05, 0) is 69.8 Å². The fourth-order valence-electron chi connectivity index (χ4n) is 6.74. The highest BCUT2D eigenvalue weighted by Crippen LogP contribution is 2.38. The topological polar surface area (TPSA) is 117 Å². The number of aliphatic carboxylic acids is 1. The third kappa shape index (κ3) is 6.30. The van der Waals surface area contributed by atoms with Gasteiger partial charge in [0.2, 0.25) is 11.9 Å². The largest absolute Gasteiger partial charge is 0.480 e. The number of nitrogens with zero attached hydrogens (tertiary/aromatic N) is 5. The molecule has 3 aromatic rings. The number of imidazole rings is 1. The minimum Gasteiger partial charge on any atom is -0.480 e. The van der Waals surface area contributed by atoms with Crippen molar-refractivity contribution in [3.8, 4) is 0 Å². The summed E-state index contributed by atoms with van der Waals surface area (Å²) >= 11 is 0. The molecule has 0 spiro atoms. The summed E-state index contributed by atoms with van der Waals surface area (Å²) in [5, 5.41) is 16.6. The predicted octanol–water partition coefficient (Wildman–Crippen LogP) is 6.11. The van der Waals surface area contributed by atoms with Gasteiger partial charge in [0.1, 0.15) is 11.1 Å². The van der Waals surface area contributed by atoms with Crippen LogP contribution in [-0.4, -0.2) is 61.9 Å². The molecule has 232 valence electrons. The molecular weight excluding hydrogens is 542 g/mol. The smallest absolute Gasteiger partial charge is 0.328 e. The van der Waals surface area contributed by atoms with Crippen molar-refractivity contribution in [2.45, 2.75) is 96.8 Å². The summed E-state index contributed by atoms with van der Waals surface area (Å²) in [6, 6.07) is 10.8. The summed E-state index contributed by atoms with van der Waals surface area (Å²) in [5.41, 5.74) is 1.44. The van der Waals surface area contributed by atoms with Crippen LogP contribution in [0.5, 0.6) is 0 Å². The summed E-state index contributed by atoms with van der Waals surface area (Å²) in [4.78, 5) is 29.4. The molecular formula is C33H47N7O3. The first-order valence-corrected chi connectivity index (χ1v) is 16.2. The number of anilines is 3. The quantitative estimate of drug-likeness (QED) is 0.258. The van der Waals surface area contributed by atoms with Crippen LogP contribution in [0.15, 0.2) is 30.3 Å². The molecule has 0 unspecified atom stereocenters. The van der Waals surface area contributed by atoms with Gasteiger partial charge in [-0.25, -0.2) is 4.79 Å². The first-order chi connectivity index (χ1) is 20.7. The minimum atomic E-state index is -1.24. The zero-order valence-corrected chi connectivity index (χ0v) is 26.1. The molecule has 6 rings (SSSR count). The minimum absolute atomic E-state index is 0.0266. The Bertz CT molecular complexity index is 1410. The highest BCUT2D eigenvalue weighted by molar-refractivity contribution is 5.88. The third-order valence-electron chi connectivity index (χ3n) is 9.91. The number of aromatic nitrogens is 4. The number of carboxylic acid groups (broad SMARTS) is 1. The molecule has 0 radical (unpaired) electrons. The molecule has 10 nitrogen and oxygen atoms in total. The van der Waals surface area contributed by atoms with Crippen LogP contribution >= 0.6 is 0 Å². The Labute approximate surface area is 254 Å². The number of ether oxygens (including phenoxy) is 1. The second-order valence-electron chi connectivity index (χ2n) is 13.6. The molecule has 0 amide bonds. The second-order valence-corrected chi connectivity index (χ2v) is 13.6. The van der Waals surface area contributed by atoms with E-state index < -0.39 is 11.5 Å². The van der Waals surface area contributed by atoms with Crippen LogP contribution in [-0.2, 0) is 16.1 Å². The van der Waals surface area contributed by atoms with E-state index in [0.717, 1.165) is 36.3 Å². The van der Waals surface area contributed by atoms with Gasteiger partial charge in [-0.3, -0.25) is 0 Å². The van der Waals surface area contributed by atoms with Gasteiger partial charge in [0, 0.05) is 19.1 Å². The summed E-state index contributed by atoms with van der Waals surface area (Å²) in [7, 11) is 0. The van der Waals surface area contributed by atoms with E-state index in [9.17, 15) is 9.90 Å². The van der Waals surface area contributed by atoms with E-state index in [4.69, 9.17) is 19.7 Å². The Hall–Kier alpha value is -3.40. The van der Waals surface area contributed by atoms with Gasteiger partial charge in [0.25, 0.3) is 0 Å². The Kier molecular flexibility index (Phi) is 8.49. The van der Waals surface area contributed by atoms with E-state index in [2.05, 4.69) is 58.2 Å². The first-order valence-electron chi connectivity index (χ1n) is 16.2. The molecule has 2 aliphatic carbocycles. The van der Waals surface area contributed by atoms with Gasteiger partial charge in [-0.1, -0.05) is 56.5 Å². The molecule has 0 bridgehead atoms. The molecule has 2 aromatic heterocycles. The monoisotopic (exact) mass is 589 g/mol. The molecule has 43 heavy (non-hydrogen) atoms. The fourth-order valence-corrected chi connectivity index (χ4v) is 6.74. The van der Waals surface area contributed by atoms with Gasteiger partial charge < -0.3 is 29.9 Å². The summed E-state index contributed by atoms with van der Waals surface area (Å²) in [6.45, 7) is 10.6. The lowest BCUT2D eigenvalue weighted by Crippen LogP contribution is -2.41. The Morgan fingerprint density at radius 3 is 2.51 bits per heavy atom. The van der Waals surface area contributed by atoms with Crippen LogP contribution in [0.3, 0.4) is 0 Å². The lowest BCUT2D eigenvalue weighted by atomic mass is 9.80. The van der Waals surface area contributed by atoms with Crippen LogP contribution < -0.4 is 15.5 Å². The SMILES string of the molecule is C[C@@H](Nc1nc(NC(C)(C)C(=O)O)nc2nc(N3CCOC[C@H]3c3ccccc3)n(C[C@H]3CC[C@H](C)CC3)c12)C1CCC1. The normalized spacial score (nSPS) is 24.0. The Morgan fingerprint density at radius 1 is 1.09 bits per heavy atom. The van der Waals surface area contributed by atoms with Crippen molar-refractivity contribution in [2.75, 3.05) is 35.3 Å². The zero-order chi connectivity index (χ0) is 30.1. The number of benzene rings is 1. The molecule has 1 aromatic carbocycles. The molecule has 1 saturated heterocycles. The summed E-state index contributed by atoms with van der Waals surface area (Å²) < 4.78 is 8.36. The molecule has 2 saturated carbocycles. The van der Waals surface area contributed by atoms with Crippen molar-refractivity contribution in [1.29, 1.82) is 0 Å². The number of morpholine rings is 1. The van der Waals surface area contributed by atoms with Crippen molar-refractivity contribution in [2.24, 2.45) is 17.8 Å².